The Labute approximate surface area is 127 Å². The third-order valence-corrected chi connectivity index (χ3v) is 2.93. The maximum atomic E-state index is 11.5. The number of phenols is 1. The molecule has 0 amide bonds. The summed E-state index contributed by atoms with van der Waals surface area (Å²) in [6, 6.07) is 6.54. The minimum absolute atomic E-state index is 0.00302. The minimum atomic E-state index is -0.236. The van der Waals surface area contributed by atoms with Crippen LogP contribution >= 0.6 is 0 Å². The summed E-state index contributed by atoms with van der Waals surface area (Å²) in [6.45, 7) is 2.01. The molecule has 1 aromatic heterocycles. The van der Waals surface area contributed by atoms with Crippen molar-refractivity contribution >= 4 is 12.2 Å². The van der Waals surface area contributed by atoms with Crippen LogP contribution < -0.4 is 15.7 Å². The number of benzene rings is 1. The Morgan fingerprint density at radius 1 is 1.50 bits per heavy atom. The lowest BCUT2D eigenvalue weighted by Gasteiger charge is -2.05. The number of nitrogens with one attached hydrogen (secondary N) is 2. The number of phenolic OH excluding ortho intramolecular Hbond substituents is 1. The number of rotatable bonds is 6. The number of ether oxygens (including phenoxy) is 1. The van der Waals surface area contributed by atoms with Gasteiger partial charge in [-0.2, -0.15) is 5.10 Å². The van der Waals surface area contributed by atoms with Gasteiger partial charge in [0, 0.05) is 17.3 Å². The van der Waals surface area contributed by atoms with Gasteiger partial charge in [-0.25, -0.2) is 10.4 Å². The Morgan fingerprint density at radius 3 is 3.05 bits per heavy atom. The van der Waals surface area contributed by atoms with Gasteiger partial charge in [0.15, 0.2) is 11.5 Å². The fraction of sp³-hybridized carbons (Fsp3) is 0.267. The lowest BCUT2D eigenvalue weighted by molar-refractivity contribution is 0.373. The van der Waals surface area contributed by atoms with E-state index in [4.69, 9.17) is 4.74 Å². The largest absolute Gasteiger partial charge is 0.504 e. The number of aromatic amines is 1. The summed E-state index contributed by atoms with van der Waals surface area (Å²) < 4.78 is 5.02. The molecule has 7 nitrogen and oxygen atoms in total. The number of hydrogen-bond acceptors (Lipinski definition) is 6. The number of methoxy groups -OCH3 is 1. The number of nitrogens with zero attached hydrogens (tertiary/aromatic N) is 2. The normalized spacial score (nSPS) is 10.8. The predicted octanol–water partition coefficient (Wildman–Crippen LogP) is 1.88. The average Bonchev–Trinajstić information content (AvgIpc) is 2.49. The fourth-order valence-corrected chi connectivity index (χ4v) is 1.92. The van der Waals surface area contributed by atoms with Gasteiger partial charge in [-0.1, -0.05) is 19.4 Å². The molecule has 2 aromatic rings. The van der Waals surface area contributed by atoms with Gasteiger partial charge in [-0.15, -0.1) is 0 Å². The Hall–Kier alpha value is -2.83. The zero-order chi connectivity index (χ0) is 15.9. The molecule has 2 rings (SSSR count). The standard InChI is InChI=1S/C15H18N4O3/c1-3-5-11-8-13(20)18-15(17-11)19-16-9-10-6-4-7-12(22-2)14(10)21/h4,6-9,21H,3,5H2,1-2H3,(H2,17,18,19,20)/b16-9+. The molecular weight excluding hydrogens is 284 g/mol. The first-order valence-corrected chi connectivity index (χ1v) is 6.89. The van der Waals surface area contributed by atoms with E-state index in [-0.39, 0.29) is 17.3 Å². The molecule has 1 heterocycles. The minimum Gasteiger partial charge on any atom is -0.504 e. The molecule has 0 aliphatic rings. The Balaban J connectivity index is 2.14. The number of H-pyrrole nitrogens is 1. The number of aryl methyl sites for hydroxylation is 1. The zero-order valence-electron chi connectivity index (χ0n) is 12.5. The third kappa shape index (κ3) is 3.85. The van der Waals surface area contributed by atoms with Gasteiger partial charge < -0.3 is 9.84 Å². The molecule has 0 atom stereocenters. The summed E-state index contributed by atoms with van der Waals surface area (Å²) in [6.07, 6.45) is 3.04. The molecule has 0 aliphatic carbocycles. The highest BCUT2D eigenvalue weighted by atomic mass is 16.5. The molecule has 3 N–H and O–H groups in total. The highest BCUT2D eigenvalue weighted by Gasteiger charge is 2.05. The van der Waals surface area contributed by atoms with Gasteiger partial charge in [-0.05, 0) is 18.6 Å². The third-order valence-electron chi connectivity index (χ3n) is 2.93. The van der Waals surface area contributed by atoms with Crippen LogP contribution in [-0.2, 0) is 6.42 Å². The van der Waals surface area contributed by atoms with E-state index in [1.54, 1.807) is 18.2 Å². The maximum absolute atomic E-state index is 11.5. The molecule has 7 heteroatoms. The topological polar surface area (TPSA) is 99.6 Å². The molecule has 0 saturated heterocycles. The first-order chi connectivity index (χ1) is 10.6. The van der Waals surface area contributed by atoms with Gasteiger partial charge in [0.25, 0.3) is 5.56 Å². The number of aromatic hydroxyl groups is 1. The number of aromatic nitrogens is 2. The Bertz CT molecular complexity index is 725. The summed E-state index contributed by atoms with van der Waals surface area (Å²) in [5, 5.41) is 13.9. The second-order valence-corrected chi connectivity index (χ2v) is 4.60. The van der Waals surface area contributed by atoms with Crippen LogP contribution in [0.2, 0.25) is 0 Å². The van der Waals surface area contributed by atoms with Crippen LogP contribution in [0.4, 0.5) is 5.95 Å². The SMILES string of the molecule is CCCc1cc(=O)[nH]c(N/N=C/c2cccc(OC)c2O)n1. The van der Waals surface area contributed by atoms with Crippen LogP contribution in [0.15, 0.2) is 34.2 Å². The molecule has 0 spiro atoms. The zero-order valence-corrected chi connectivity index (χ0v) is 12.5. The number of para-hydroxylation sites is 1. The van der Waals surface area contributed by atoms with Crippen molar-refractivity contribution in [3.63, 3.8) is 0 Å². The summed E-state index contributed by atoms with van der Waals surface area (Å²) in [5.41, 5.74) is 3.60. The van der Waals surface area contributed by atoms with Crippen LogP contribution in [0.3, 0.4) is 0 Å². The number of hydrazone groups is 1. The van der Waals surface area contributed by atoms with Crippen LogP contribution in [0.5, 0.6) is 11.5 Å². The van der Waals surface area contributed by atoms with Crippen LogP contribution in [-0.4, -0.2) is 28.4 Å². The van der Waals surface area contributed by atoms with Crippen molar-refractivity contribution in [3.05, 3.63) is 45.9 Å². The van der Waals surface area contributed by atoms with Crippen molar-refractivity contribution < 1.29 is 9.84 Å². The van der Waals surface area contributed by atoms with Gasteiger partial charge in [0.05, 0.1) is 13.3 Å². The van der Waals surface area contributed by atoms with Crippen molar-refractivity contribution in [1.82, 2.24) is 9.97 Å². The van der Waals surface area contributed by atoms with E-state index in [0.717, 1.165) is 12.8 Å². The smallest absolute Gasteiger partial charge is 0.252 e. The van der Waals surface area contributed by atoms with Crippen molar-refractivity contribution in [2.45, 2.75) is 19.8 Å². The van der Waals surface area contributed by atoms with Crippen LogP contribution in [0.1, 0.15) is 24.6 Å². The van der Waals surface area contributed by atoms with E-state index in [1.807, 2.05) is 6.92 Å². The first kappa shape index (κ1) is 15.6. The summed E-state index contributed by atoms with van der Waals surface area (Å²) in [4.78, 5) is 18.3. The molecule has 0 unspecified atom stereocenters. The van der Waals surface area contributed by atoms with E-state index in [2.05, 4.69) is 20.5 Å². The molecule has 0 radical (unpaired) electrons. The van der Waals surface area contributed by atoms with Crippen molar-refractivity contribution in [2.75, 3.05) is 12.5 Å². The van der Waals surface area contributed by atoms with E-state index in [0.29, 0.717) is 17.0 Å². The number of anilines is 1. The van der Waals surface area contributed by atoms with E-state index in [1.165, 1.54) is 19.4 Å². The Kier molecular flexibility index (Phi) is 5.13. The molecule has 22 heavy (non-hydrogen) atoms. The van der Waals surface area contributed by atoms with Crippen LogP contribution in [0, 0.1) is 0 Å². The van der Waals surface area contributed by atoms with Crippen molar-refractivity contribution in [1.29, 1.82) is 0 Å². The van der Waals surface area contributed by atoms with Crippen molar-refractivity contribution in [3.8, 4) is 11.5 Å². The van der Waals surface area contributed by atoms with Gasteiger partial charge in [0.2, 0.25) is 5.95 Å². The monoisotopic (exact) mass is 302 g/mol. The molecule has 0 saturated carbocycles. The number of hydrogen-bond donors (Lipinski definition) is 3. The molecule has 1 aromatic carbocycles. The predicted molar refractivity (Wildman–Crippen MR) is 84.7 cm³/mol. The maximum Gasteiger partial charge on any atom is 0.252 e. The quantitative estimate of drug-likeness (QED) is 0.559. The van der Waals surface area contributed by atoms with Gasteiger partial charge >= 0.3 is 0 Å². The lowest BCUT2D eigenvalue weighted by atomic mass is 10.2. The summed E-state index contributed by atoms with van der Waals surface area (Å²) in [7, 11) is 1.47. The molecule has 0 bridgehead atoms. The lowest BCUT2D eigenvalue weighted by Crippen LogP contribution is -2.12. The molecule has 0 fully saturated rings. The first-order valence-electron chi connectivity index (χ1n) is 6.89. The highest BCUT2D eigenvalue weighted by Crippen LogP contribution is 2.27. The van der Waals surface area contributed by atoms with E-state index in [9.17, 15) is 9.90 Å². The Morgan fingerprint density at radius 2 is 2.32 bits per heavy atom. The molecule has 116 valence electrons. The summed E-state index contributed by atoms with van der Waals surface area (Å²) in [5.74, 6) is 0.617. The summed E-state index contributed by atoms with van der Waals surface area (Å²) >= 11 is 0. The second-order valence-electron chi connectivity index (χ2n) is 4.60. The fourth-order valence-electron chi connectivity index (χ4n) is 1.92. The second kappa shape index (κ2) is 7.26. The van der Waals surface area contributed by atoms with Gasteiger partial charge in [-0.3, -0.25) is 9.78 Å². The molecular formula is C15H18N4O3. The van der Waals surface area contributed by atoms with Crippen LogP contribution in [0.25, 0.3) is 0 Å². The van der Waals surface area contributed by atoms with Crippen molar-refractivity contribution in [2.24, 2.45) is 5.10 Å². The highest BCUT2D eigenvalue weighted by molar-refractivity contribution is 5.85. The van der Waals surface area contributed by atoms with Gasteiger partial charge in [0.1, 0.15) is 0 Å². The average molecular weight is 302 g/mol. The van der Waals surface area contributed by atoms with E-state index >= 15 is 0 Å². The van der Waals surface area contributed by atoms with E-state index < -0.39 is 0 Å². The molecule has 0 aliphatic heterocycles.